The Labute approximate surface area is 167 Å². The smallest absolute Gasteiger partial charge is 0.308 e. The Morgan fingerprint density at radius 2 is 1.96 bits per heavy atom. The molecule has 150 valence electrons. The van der Waals surface area contributed by atoms with Crippen molar-refractivity contribution in [3.63, 3.8) is 0 Å². The monoisotopic (exact) mass is 404 g/mol. The van der Waals surface area contributed by atoms with Gasteiger partial charge in [0.05, 0.1) is 13.5 Å². The SMILES string of the molecule is COc1ccc(CN(C(=O)COC(=O)CCn2c(C)csc2=O)C2CC2)cc1. The van der Waals surface area contributed by atoms with E-state index in [2.05, 4.69) is 0 Å². The molecule has 0 spiro atoms. The Balaban J connectivity index is 1.49. The lowest BCUT2D eigenvalue weighted by molar-refractivity contribution is -0.152. The van der Waals surface area contributed by atoms with Crippen molar-refractivity contribution in [3.8, 4) is 5.75 Å². The fraction of sp³-hybridized carbons (Fsp3) is 0.450. The Bertz CT molecular complexity index is 883. The third-order valence-corrected chi connectivity index (χ3v) is 5.57. The van der Waals surface area contributed by atoms with Gasteiger partial charge in [0, 0.05) is 30.2 Å². The maximum atomic E-state index is 12.6. The highest BCUT2D eigenvalue weighted by Gasteiger charge is 2.32. The first-order chi connectivity index (χ1) is 13.5. The molecule has 1 heterocycles. The van der Waals surface area contributed by atoms with Crippen LogP contribution >= 0.6 is 11.3 Å². The van der Waals surface area contributed by atoms with Gasteiger partial charge in [-0.25, -0.2) is 0 Å². The first-order valence-electron chi connectivity index (χ1n) is 9.21. The van der Waals surface area contributed by atoms with Crippen molar-refractivity contribution in [1.29, 1.82) is 0 Å². The van der Waals surface area contributed by atoms with Gasteiger partial charge in [-0.3, -0.25) is 14.4 Å². The number of hydrogen-bond donors (Lipinski definition) is 0. The predicted octanol–water partition coefficient (Wildman–Crippen LogP) is 2.35. The summed E-state index contributed by atoms with van der Waals surface area (Å²) >= 11 is 1.10. The van der Waals surface area contributed by atoms with E-state index in [9.17, 15) is 14.4 Å². The molecule has 1 saturated carbocycles. The zero-order valence-corrected chi connectivity index (χ0v) is 16.9. The number of carbonyl (C=O) groups excluding carboxylic acids is 2. The molecule has 1 aromatic carbocycles. The number of aromatic nitrogens is 1. The van der Waals surface area contributed by atoms with E-state index < -0.39 is 5.97 Å². The molecule has 2 aromatic rings. The first kappa shape index (κ1) is 20.1. The molecule has 1 aromatic heterocycles. The Hall–Kier alpha value is -2.61. The topological polar surface area (TPSA) is 77.8 Å². The number of benzene rings is 1. The zero-order chi connectivity index (χ0) is 20.1. The van der Waals surface area contributed by atoms with Crippen LogP contribution in [0.5, 0.6) is 5.75 Å². The largest absolute Gasteiger partial charge is 0.497 e. The van der Waals surface area contributed by atoms with Crippen LogP contribution in [-0.4, -0.2) is 41.1 Å². The third-order valence-electron chi connectivity index (χ3n) is 4.69. The van der Waals surface area contributed by atoms with E-state index in [1.165, 1.54) is 4.57 Å². The van der Waals surface area contributed by atoms with Gasteiger partial charge in [0.2, 0.25) is 0 Å². The molecule has 0 bridgehead atoms. The normalized spacial score (nSPS) is 13.2. The molecule has 28 heavy (non-hydrogen) atoms. The summed E-state index contributed by atoms with van der Waals surface area (Å²) in [4.78, 5) is 37.9. The highest BCUT2D eigenvalue weighted by molar-refractivity contribution is 7.07. The number of hydrogen-bond acceptors (Lipinski definition) is 6. The van der Waals surface area contributed by atoms with Crippen LogP contribution in [0, 0.1) is 6.92 Å². The zero-order valence-electron chi connectivity index (χ0n) is 16.1. The molecular weight excluding hydrogens is 380 g/mol. The van der Waals surface area contributed by atoms with Crippen molar-refractivity contribution < 1.29 is 19.1 Å². The van der Waals surface area contributed by atoms with E-state index in [1.807, 2.05) is 31.2 Å². The van der Waals surface area contributed by atoms with Gasteiger partial charge >= 0.3 is 10.8 Å². The minimum Gasteiger partial charge on any atom is -0.497 e. The van der Waals surface area contributed by atoms with Crippen LogP contribution in [-0.2, 0) is 27.4 Å². The van der Waals surface area contributed by atoms with Crippen molar-refractivity contribution >= 4 is 23.2 Å². The minimum absolute atomic E-state index is 0.0622. The van der Waals surface area contributed by atoms with Gasteiger partial charge in [0.25, 0.3) is 5.91 Å². The summed E-state index contributed by atoms with van der Waals surface area (Å²) in [6.07, 6.45) is 2.00. The van der Waals surface area contributed by atoms with Crippen LogP contribution in [0.15, 0.2) is 34.4 Å². The van der Waals surface area contributed by atoms with Crippen LogP contribution < -0.4 is 9.61 Å². The number of aryl methyl sites for hydroxylation is 1. The minimum atomic E-state index is -0.481. The Morgan fingerprint density at radius 3 is 2.54 bits per heavy atom. The summed E-state index contributed by atoms with van der Waals surface area (Å²) in [6, 6.07) is 7.78. The molecule has 1 fully saturated rings. The summed E-state index contributed by atoms with van der Waals surface area (Å²) in [5, 5.41) is 1.75. The van der Waals surface area contributed by atoms with Gasteiger partial charge < -0.3 is 18.9 Å². The maximum Gasteiger partial charge on any atom is 0.308 e. The summed E-state index contributed by atoms with van der Waals surface area (Å²) in [5.74, 6) is 0.0866. The molecule has 0 radical (unpaired) electrons. The number of nitrogens with zero attached hydrogens (tertiary/aromatic N) is 2. The lowest BCUT2D eigenvalue weighted by atomic mass is 10.2. The van der Waals surface area contributed by atoms with Crippen molar-refractivity contribution in [2.75, 3.05) is 13.7 Å². The summed E-state index contributed by atoms with van der Waals surface area (Å²) in [7, 11) is 1.61. The molecule has 1 aliphatic rings. The molecule has 0 saturated heterocycles. The molecule has 0 N–H and O–H groups in total. The highest BCUT2D eigenvalue weighted by atomic mass is 32.1. The fourth-order valence-electron chi connectivity index (χ4n) is 2.91. The summed E-state index contributed by atoms with van der Waals surface area (Å²) in [5.41, 5.74) is 1.82. The number of ether oxygens (including phenoxy) is 2. The standard InChI is InChI=1S/C20H24N2O5S/c1-14-13-28-20(25)21(14)10-9-19(24)27-12-18(23)22(16-5-6-16)11-15-3-7-17(26-2)8-4-15/h3-4,7-8,13,16H,5-6,9-12H2,1-2H3. The average molecular weight is 404 g/mol. The van der Waals surface area contributed by atoms with Gasteiger partial charge in [0.1, 0.15) is 5.75 Å². The number of rotatable bonds is 9. The van der Waals surface area contributed by atoms with Crippen molar-refractivity contribution in [2.45, 2.75) is 45.3 Å². The molecule has 8 heteroatoms. The molecule has 7 nitrogen and oxygen atoms in total. The number of thiazole rings is 1. The molecule has 1 amide bonds. The first-order valence-corrected chi connectivity index (χ1v) is 10.1. The van der Waals surface area contributed by atoms with Gasteiger partial charge in [-0.05, 0) is 37.5 Å². The number of amides is 1. The molecular formula is C20H24N2O5S. The third kappa shape index (κ3) is 5.22. The predicted molar refractivity (Wildman–Crippen MR) is 105 cm³/mol. The second-order valence-corrected chi connectivity index (χ2v) is 7.63. The van der Waals surface area contributed by atoms with Gasteiger partial charge in [-0.15, -0.1) is 0 Å². The Morgan fingerprint density at radius 1 is 1.25 bits per heavy atom. The van der Waals surface area contributed by atoms with Gasteiger partial charge in [-0.1, -0.05) is 23.5 Å². The molecule has 3 rings (SSSR count). The molecule has 0 atom stereocenters. The molecule has 0 unspecified atom stereocenters. The van der Waals surface area contributed by atoms with E-state index in [0.717, 1.165) is 41.2 Å². The van der Waals surface area contributed by atoms with Crippen LogP contribution in [0.1, 0.15) is 30.5 Å². The van der Waals surface area contributed by atoms with Crippen molar-refractivity contribution in [2.24, 2.45) is 0 Å². The maximum absolute atomic E-state index is 12.6. The van der Waals surface area contributed by atoms with Gasteiger partial charge in [-0.2, -0.15) is 0 Å². The van der Waals surface area contributed by atoms with E-state index in [-0.39, 0.29) is 36.4 Å². The summed E-state index contributed by atoms with van der Waals surface area (Å²) < 4.78 is 11.8. The van der Waals surface area contributed by atoms with Gasteiger partial charge in [0.15, 0.2) is 6.61 Å². The quantitative estimate of drug-likeness (QED) is 0.600. The molecule has 0 aliphatic heterocycles. The number of methoxy groups -OCH3 is 1. The second-order valence-electron chi connectivity index (χ2n) is 6.81. The van der Waals surface area contributed by atoms with Crippen LogP contribution in [0.2, 0.25) is 0 Å². The van der Waals surface area contributed by atoms with E-state index in [0.29, 0.717) is 6.54 Å². The van der Waals surface area contributed by atoms with Crippen LogP contribution in [0.3, 0.4) is 0 Å². The lowest BCUT2D eigenvalue weighted by Crippen LogP contribution is -2.36. The van der Waals surface area contributed by atoms with Crippen molar-refractivity contribution in [3.05, 3.63) is 50.6 Å². The van der Waals surface area contributed by atoms with E-state index >= 15 is 0 Å². The molecule has 1 aliphatic carbocycles. The average Bonchev–Trinajstić information content (AvgIpc) is 3.49. The van der Waals surface area contributed by atoms with Crippen LogP contribution in [0.25, 0.3) is 0 Å². The summed E-state index contributed by atoms with van der Waals surface area (Å²) in [6.45, 7) is 2.29. The number of carbonyl (C=O) groups is 2. The van der Waals surface area contributed by atoms with Crippen LogP contribution in [0.4, 0.5) is 0 Å². The fourth-order valence-corrected chi connectivity index (χ4v) is 3.67. The lowest BCUT2D eigenvalue weighted by Gasteiger charge is -2.22. The number of esters is 1. The van der Waals surface area contributed by atoms with Crippen molar-refractivity contribution in [1.82, 2.24) is 9.47 Å². The Kier molecular flexibility index (Phi) is 6.51. The van der Waals surface area contributed by atoms with E-state index in [4.69, 9.17) is 9.47 Å². The highest BCUT2D eigenvalue weighted by Crippen LogP contribution is 2.28. The van der Waals surface area contributed by atoms with E-state index in [1.54, 1.807) is 17.4 Å². The second kappa shape index (κ2) is 9.05.